The van der Waals surface area contributed by atoms with Gasteiger partial charge in [0.1, 0.15) is 24.0 Å². The molecule has 1 aliphatic rings. The van der Waals surface area contributed by atoms with Crippen LogP contribution in [-0.4, -0.2) is 26.5 Å². The maximum Gasteiger partial charge on any atom is 0.131 e. The lowest BCUT2D eigenvalue weighted by molar-refractivity contribution is 0.207. The Balaban J connectivity index is 1.69. The van der Waals surface area contributed by atoms with Gasteiger partial charge in [-0.1, -0.05) is 13.8 Å². The number of hydrogen-bond donors (Lipinski definition) is 1. The Kier molecular flexibility index (Phi) is 4.03. The SMILES string of the molecule is CC(C)c1ncc2c(n1)CCN(Cc1ccc(CO)o1)C2. The summed E-state index contributed by atoms with van der Waals surface area (Å²) in [7, 11) is 0. The van der Waals surface area contributed by atoms with Gasteiger partial charge < -0.3 is 9.52 Å². The fraction of sp³-hybridized carbons (Fsp3) is 0.500. The van der Waals surface area contributed by atoms with Gasteiger partial charge in [-0.2, -0.15) is 0 Å². The van der Waals surface area contributed by atoms with Crippen molar-refractivity contribution in [1.29, 1.82) is 0 Å². The van der Waals surface area contributed by atoms with E-state index >= 15 is 0 Å². The van der Waals surface area contributed by atoms with Crippen LogP contribution < -0.4 is 0 Å². The number of fused-ring (bicyclic) bond motifs is 1. The average molecular weight is 287 g/mol. The van der Waals surface area contributed by atoms with Gasteiger partial charge in [0.05, 0.1) is 6.54 Å². The first-order valence-electron chi connectivity index (χ1n) is 7.41. The van der Waals surface area contributed by atoms with E-state index in [1.807, 2.05) is 18.3 Å². The van der Waals surface area contributed by atoms with Crippen LogP contribution in [0.1, 0.15) is 48.4 Å². The predicted molar refractivity (Wildman–Crippen MR) is 78.6 cm³/mol. The first-order chi connectivity index (χ1) is 10.2. The standard InChI is InChI=1S/C16H21N3O2/c1-11(2)16-17-7-12-8-19(6-5-15(12)18-16)9-13-3-4-14(10-20)21-13/h3-4,7,11,20H,5-6,8-10H2,1-2H3. The van der Waals surface area contributed by atoms with Crippen LogP contribution >= 0.6 is 0 Å². The van der Waals surface area contributed by atoms with Crippen LogP contribution in [0, 0.1) is 0 Å². The molecule has 0 aromatic carbocycles. The van der Waals surface area contributed by atoms with Crippen LogP contribution in [0.15, 0.2) is 22.7 Å². The molecule has 0 amide bonds. The molecule has 0 saturated heterocycles. The second-order valence-electron chi connectivity index (χ2n) is 5.84. The molecule has 0 radical (unpaired) electrons. The minimum Gasteiger partial charge on any atom is -0.462 e. The van der Waals surface area contributed by atoms with E-state index in [1.165, 1.54) is 11.3 Å². The topological polar surface area (TPSA) is 62.4 Å². The van der Waals surface area contributed by atoms with E-state index in [9.17, 15) is 0 Å². The van der Waals surface area contributed by atoms with Gasteiger partial charge in [0.25, 0.3) is 0 Å². The number of aliphatic hydroxyl groups is 1. The summed E-state index contributed by atoms with van der Waals surface area (Å²) in [4.78, 5) is 11.5. The molecule has 0 unspecified atom stereocenters. The van der Waals surface area contributed by atoms with E-state index in [4.69, 9.17) is 9.52 Å². The summed E-state index contributed by atoms with van der Waals surface area (Å²) in [5, 5.41) is 9.03. The predicted octanol–water partition coefficient (Wildman–Crippen LogP) is 2.24. The van der Waals surface area contributed by atoms with Crippen molar-refractivity contribution >= 4 is 0 Å². The molecule has 2 aromatic heterocycles. The van der Waals surface area contributed by atoms with Gasteiger partial charge in [-0.3, -0.25) is 4.90 Å². The molecular weight excluding hydrogens is 266 g/mol. The lowest BCUT2D eigenvalue weighted by Gasteiger charge is -2.27. The summed E-state index contributed by atoms with van der Waals surface area (Å²) in [6.07, 6.45) is 2.91. The first-order valence-corrected chi connectivity index (χ1v) is 7.41. The number of hydrogen-bond acceptors (Lipinski definition) is 5. The molecule has 112 valence electrons. The highest BCUT2D eigenvalue weighted by Crippen LogP contribution is 2.21. The van der Waals surface area contributed by atoms with Gasteiger partial charge in [0.2, 0.25) is 0 Å². The van der Waals surface area contributed by atoms with Gasteiger partial charge in [-0.25, -0.2) is 9.97 Å². The van der Waals surface area contributed by atoms with Crippen LogP contribution in [0.4, 0.5) is 0 Å². The van der Waals surface area contributed by atoms with E-state index < -0.39 is 0 Å². The third-order valence-corrected chi connectivity index (χ3v) is 3.80. The maximum atomic E-state index is 9.03. The Morgan fingerprint density at radius 1 is 1.33 bits per heavy atom. The van der Waals surface area contributed by atoms with Crippen molar-refractivity contribution in [3.8, 4) is 0 Å². The number of aromatic nitrogens is 2. The molecule has 0 aliphatic carbocycles. The van der Waals surface area contributed by atoms with Crippen LogP contribution in [0.3, 0.4) is 0 Å². The van der Waals surface area contributed by atoms with E-state index in [0.29, 0.717) is 11.7 Å². The molecule has 21 heavy (non-hydrogen) atoms. The molecule has 0 saturated carbocycles. The van der Waals surface area contributed by atoms with Crippen molar-refractivity contribution in [2.45, 2.75) is 45.9 Å². The summed E-state index contributed by atoms with van der Waals surface area (Å²) in [5.74, 6) is 2.81. The van der Waals surface area contributed by atoms with Crippen molar-refractivity contribution in [3.63, 3.8) is 0 Å². The zero-order valence-electron chi connectivity index (χ0n) is 12.5. The van der Waals surface area contributed by atoms with Gasteiger partial charge in [0.15, 0.2) is 0 Å². The van der Waals surface area contributed by atoms with Crippen LogP contribution in [-0.2, 0) is 26.1 Å². The summed E-state index contributed by atoms with van der Waals surface area (Å²) in [5.41, 5.74) is 2.39. The second kappa shape index (κ2) is 5.95. The van der Waals surface area contributed by atoms with E-state index in [0.717, 1.165) is 37.6 Å². The molecule has 0 bridgehead atoms. The highest BCUT2D eigenvalue weighted by atomic mass is 16.4. The summed E-state index contributed by atoms with van der Waals surface area (Å²) in [6, 6.07) is 3.75. The van der Waals surface area contributed by atoms with E-state index in [-0.39, 0.29) is 6.61 Å². The monoisotopic (exact) mass is 287 g/mol. The largest absolute Gasteiger partial charge is 0.462 e. The zero-order chi connectivity index (χ0) is 14.8. The second-order valence-corrected chi connectivity index (χ2v) is 5.84. The molecule has 0 atom stereocenters. The van der Waals surface area contributed by atoms with Crippen molar-refractivity contribution < 1.29 is 9.52 Å². The van der Waals surface area contributed by atoms with Crippen molar-refractivity contribution in [1.82, 2.24) is 14.9 Å². The Morgan fingerprint density at radius 2 is 2.14 bits per heavy atom. The highest BCUT2D eigenvalue weighted by Gasteiger charge is 2.20. The Labute approximate surface area is 124 Å². The third kappa shape index (κ3) is 3.14. The van der Waals surface area contributed by atoms with E-state index in [1.54, 1.807) is 0 Å². The number of furan rings is 1. The fourth-order valence-corrected chi connectivity index (χ4v) is 2.62. The minimum atomic E-state index is -0.0470. The molecule has 3 rings (SSSR count). The lowest BCUT2D eigenvalue weighted by Crippen LogP contribution is -2.31. The molecule has 1 aliphatic heterocycles. The van der Waals surface area contributed by atoms with Gasteiger partial charge in [-0.05, 0) is 12.1 Å². The van der Waals surface area contributed by atoms with Crippen LogP contribution in [0.2, 0.25) is 0 Å². The third-order valence-electron chi connectivity index (χ3n) is 3.80. The minimum absolute atomic E-state index is 0.0470. The first kappa shape index (κ1) is 14.2. The zero-order valence-corrected chi connectivity index (χ0v) is 12.5. The van der Waals surface area contributed by atoms with Crippen LogP contribution in [0.5, 0.6) is 0 Å². The molecule has 0 fully saturated rings. The van der Waals surface area contributed by atoms with Gasteiger partial charge in [-0.15, -0.1) is 0 Å². The van der Waals surface area contributed by atoms with Crippen molar-refractivity contribution in [3.05, 3.63) is 46.9 Å². The summed E-state index contributed by atoms with van der Waals surface area (Å²) in [6.45, 7) is 6.76. The smallest absolute Gasteiger partial charge is 0.131 e. The molecular formula is C16H21N3O2. The highest BCUT2D eigenvalue weighted by molar-refractivity contribution is 5.21. The van der Waals surface area contributed by atoms with Gasteiger partial charge in [0, 0.05) is 42.9 Å². The quantitative estimate of drug-likeness (QED) is 0.934. The number of nitrogens with zero attached hydrogens (tertiary/aromatic N) is 3. The fourth-order valence-electron chi connectivity index (χ4n) is 2.62. The lowest BCUT2D eigenvalue weighted by atomic mass is 10.1. The number of aliphatic hydroxyl groups excluding tert-OH is 1. The number of rotatable bonds is 4. The van der Waals surface area contributed by atoms with Crippen molar-refractivity contribution in [2.75, 3.05) is 6.54 Å². The molecule has 2 aromatic rings. The maximum absolute atomic E-state index is 9.03. The summed E-state index contributed by atoms with van der Waals surface area (Å²) < 4.78 is 5.55. The molecule has 5 nitrogen and oxygen atoms in total. The molecule has 5 heteroatoms. The molecule has 3 heterocycles. The average Bonchev–Trinajstić information content (AvgIpc) is 2.94. The normalized spacial score (nSPS) is 15.4. The Morgan fingerprint density at radius 3 is 2.86 bits per heavy atom. The van der Waals surface area contributed by atoms with Crippen LogP contribution in [0.25, 0.3) is 0 Å². The van der Waals surface area contributed by atoms with Crippen molar-refractivity contribution in [2.24, 2.45) is 0 Å². The van der Waals surface area contributed by atoms with Gasteiger partial charge >= 0.3 is 0 Å². The molecule has 0 spiro atoms. The Bertz CT molecular complexity index is 622. The Hall–Kier alpha value is -1.72. The summed E-state index contributed by atoms with van der Waals surface area (Å²) >= 11 is 0. The molecule has 1 N–H and O–H groups in total. The van der Waals surface area contributed by atoms with E-state index in [2.05, 4.69) is 28.7 Å².